The molecule has 0 spiro atoms. The van der Waals surface area contributed by atoms with Gasteiger partial charge in [-0.05, 0) is 18.1 Å². The maximum atomic E-state index is 12.3. The number of rotatable bonds is 1. The van der Waals surface area contributed by atoms with Crippen molar-refractivity contribution >= 4 is 28.4 Å². The molecule has 1 aliphatic heterocycles. The van der Waals surface area contributed by atoms with Gasteiger partial charge in [-0.2, -0.15) is 13.2 Å². The Hall–Kier alpha value is -0.600. The second kappa shape index (κ2) is 4.58. The Morgan fingerprint density at radius 3 is 2.41 bits per heavy atom. The van der Waals surface area contributed by atoms with E-state index in [9.17, 15) is 13.2 Å². The number of hydrogen-bond donors (Lipinski definition) is 0. The average molecular weight is 357 g/mol. The van der Waals surface area contributed by atoms with E-state index < -0.39 is 11.9 Å². The van der Waals surface area contributed by atoms with E-state index in [0.29, 0.717) is 15.7 Å². The van der Waals surface area contributed by atoms with Crippen LogP contribution in [0.15, 0.2) is 12.1 Å². The van der Waals surface area contributed by atoms with E-state index in [1.165, 1.54) is 6.07 Å². The fourth-order valence-corrected chi connectivity index (χ4v) is 2.46. The molecule has 1 fully saturated rings. The molecule has 3 nitrogen and oxygen atoms in total. The maximum absolute atomic E-state index is 12.3. The van der Waals surface area contributed by atoms with Crippen LogP contribution in [-0.4, -0.2) is 27.2 Å². The van der Waals surface area contributed by atoms with Crippen LogP contribution in [0.5, 0.6) is 0 Å². The first-order valence-corrected chi connectivity index (χ1v) is 6.42. The summed E-state index contributed by atoms with van der Waals surface area (Å²) in [6, 6.07) is 2.37. The van der Waals surface area contributed by atoms with Crippen molar-refractivity contribution in [3.05, 3.63) is 17.8 Å². The van der Waals surface area contributed by atoms with Gasteiger partial charge in [0.25, 0.3) is 0 Å². The molecule has 2 atom stereocenters. The molecule has 0 amide bonds. The molecule has 2 rings (SSSR count). The standard InChI is InChI=1S/C10H11F3IN3/c1-6-4-17(5-7(6)14)9-3-2-8(15-16-9)10(11,12)13/h2-3,6-7H,4-5H2,1H3. The highest BCUT2D eigenvalue weighted by molar-refractivity contribution is 14.1. The Balaban J connectivity index is 2.14. The summed E-state index contributed by atoms with van der Waals surface area (Å²) < 4.78 is 37.4. The third kappa shape index (κ3) is 2.80. The highest BCUT2D eigenvalue weighted by atomic mass is 127. The summed E-state index contributed by atoms with van der Waals surface area (Å²) in [6.45, 7) is 3.74. The fourth-order valence-electron chi connectivity index (χ4n) is 1.76. The van der Waals surface area contributed by atoms with Crippen LogP contribution in [0.2, 0.25) is 0 Å². The van der Waals surface area contributed by atoms with E-state index in [4.69, 9.17) is 0 Å². The van der Waals surface area contributed by atoms with Crippen molar-refractivity contribution in [2.45, 2.75) is 17.0 Å². The summed E-state index contributed by atoms with van der Waals surface area (Å²) in [4.78, 5) is 1.97. The van der Waals surface area contributed by atoms with Gasteiger partial charge in [-0.25, -0.2) is 0 Å². The van der Waals surface area contributed by atoms with Crippen molar-refractivity contribution in [1.82, 2.24) is 10.2 Å². The van der Waals surface area contributed by atoms with E-state index in [2.05, 4.69) is 39.7 Å². The van der Waals surface area contributed by atoms with Gasteiger partial charge in [0.15, 0.2) is 11.5 Å². The van der Waals surface area contributed by atoms with E-state index in [1.54, 1.807) is 0 Å². The summed E-state index contributed by atoms with van der Waals surface area (Å²) in [5.74, 6) is 1.03. The molecule has 2 unspecified atom stereocenters. The molecule has 0 bridgehead atoms. The van der Waals surface area contributed by atoms with Gasteiger partial charge in [0.05, 0.1) is 0 Å². The van der Waals surface area contributed by atoms with Crippen LogP contribution in [0.4, 0.5) is 19.0 Å². The molecule has 0 radical (unpaired) electrons. The largest absolute Gasteiger partial charge is 0.435 e. The van der Waals surface area contributed by atoms with Crippen molar-refractivity contribution in [3.8, 4) is 0 Å². The Labute approximate surface area is 111 Å². The molecule has 0 aromatic carbocycles. The number of anilines is 1. The van der Waals surface area contributed by atoms with Crippen LogP contribution in [-0.2, 0) is 6.18 Å². The smallest absolute Gasteiger partial charge is 0.354 e. The van der Waals surface area contributed by atoms with Crippen molar-refractivity contribution in [2.75, 3.05) is 18.0 Å². The summed E-state index contributed by atoms with van der Waals surface area (Å²) >= 11 is 2.35. The number of aromatic nitrogens is 2. The Bertz CT molecular complexity index is 383. The van der Waals surface area contributed by atoms with Crippen LogP contribution in [0.25, 0.3) is 0 Å². The summed E-state index contributed by atoms with van der Waals surface area (Å²) in [7, 11) is 0. The van der Waals surface area contributed by atoms with E-state index in [0.717, 1.165) is 19.2 Å². The minimum atomic E-state index is -4.42. The Kier molecular flexibility index (Phi) is 3.46. The molecule has 0 saturated carbocycles. The number of alkyl halides is 4. The summed E-state index contributed by atoms with van der Waals surface area (Å²) in [6.07, 6.45) is -4.42. The zero-order valence-electron chi connectivity index (χ0n) is 9.08. The molecular weight excluding hydrogens is 346 g/mol. The van der Waals surface area contributed by atoms with Crippen LogP contribution in [0.3, 0.4) is 0 Å². The van der Waals surface area contributed by atoms with Crippen LogP contribution < -0.4 is 4.90 Å². The molecule has 1 saturated heterocycles. The zero-order chi connectivity index (χ0) is 12.6. The van der Waals surface area contributed by atoms with E-state index in [-0.39, 0.29) is 0 Å². The quantitative estimate of drug-likeness (QED) is 0.572. The maximum Gasteiger partial charge on any atom is 0.435 e. The third-order valence-electron chi connectivity index (χ3n) is 2.79. The summed E-state index contributed by atoms with van der Waals surface area (Å²) in [5.41, 5.74) is -0.945. The van der Waals surface area contributed by atoms with Crippen LogP contribution in [0.1, 0.15) is 12.6 Å². The Morgan fingerprint density at radius 2 is 2.00 bits per heavy atom. The third-order valence-corrected chi connectivity index (χ3v) is 4.41. The first-order valence-electron chi connectivity index (χ1n) is 5.18. The van der Waals surface area contributed by atoms with Gasteiger partial charge in [-0.15, -0.1) is 10.2 Å². The lowest BCUT2D eigenvalue weighted by molar-refractivity contribution is -0.141. The lowest BCUT2D eigenvalue weighted by Gasteiger charge is -2.16. The average Bonchev–Trinajstić information content (AvgIpc) is 2.58. The molecule has 0 aliphatic carbocycles. The molecule has 2 heterocycles. The molecule has 0 N–H and O–H groups in total. The minimum Gasteiger partial charge on any atom is -0.354 e. The van der Waals surface area contributed by atoms with Crippen molar-refractivity contribution in [1.29, 1.82) is 0 Å². The predicted octanol–water partition coefficient (Wildman–Crippen LogP) is 2.76. The van der Waals surface area contributed by atoms with Gasteiger partial charge in [-0.3, -0.25) is 0 Å². The Morgan fingerprint density at radius 1 is 1.29 bits per heavy atom. The zero-order valence-corrected chi connectivity index (χ0v) is 11.2. The second-order valence-corrected chi connectivity index (χ2v) is 5.77. The van der Waals surface area contributed by atoms with Crippen molar-refractivity contribution in [3.63, 3.8) is 0 Å². The first kappa shape index (κ1) is 12.8. The predicted molar refractivity (Wildman–Crippen MR) is 66.2 cm³/mol. The van der Waals surface area contributed by atoms with Crippen molar-refractivity contribution in [2.24, 2.45) is 5.92 Å². The van der Waals surface area contributed by atoms with Gasteiger partial charge in [0.1, 0.15) is 0 Å². The minimum absolute atomic E-state index is 0.497. The molecule has 94 valence electrons. The van der Waals surface area contributed by atoms with Gasteiger partial charge in [0.2, 0.25) is 0 Å². The summed E-state index contributed by atoms with van der Waals surface area (Å²) in [5, 5.41) is 6.87. The topological polar surface area (TPSA) is 29.0 Å². The molecule has 1 aromatic rings. The van der Waals surface area contributed by atoms with Gasteiger partial charge in [-0.1, -0.05) is 29.5 Å². The van der Waals surface area contributed by atoms with Crippen molar-refractivity contribution < 1.29 is 13.2 Å². The monoisotopic (exact) mass is 357 g/mol. The fraction of sp³-hybridized carbons (Fsp3) is 0.600. The number of nitrogens with zero attached hydrogens (tertiary/aromatic N) is 3. The number of hydrogen-bond acceptors (Lipinski definition) is 3. The second-order valence-electron chi connectivity index (χ2n) is 4.17. The molecule has 1 aromatic heterocycles. The first-order chi connectivity index (χ1) is 7.88. The molecule has 1 aliphatic rings. The normalized spacial score (nSPS) is 25.4. The number of halogens is 4. The molecule has 17 heavy (non-hydrogen) atoms. The van der Waals surface area contributed by atoms with E-state index in [1.807, 2.05) is 4.90 Å². The lowest BCUT2D eigenvalue weighted by Crippen LogP contribution is -2.22. The van der Waals surface area contributed by atoms with Gasteiger partial charge < -0.3 is 4.90 Å². The van der Waals surface area contributed by atoms with E-state index >= 15 is 0 Å². The molecule has 7 heteroatoms. The molecular formula is C10H11F3IN3. The SMILES string of the molecule is CC1CN(c2ccc(C(F)(F)F)nn2)CC1I. The van der Waals surface area contributed by atoms with Crippen LogP contribution >= 0.6 is 22.6 Å². The highest BCUT2D eigenvalue weighted by Crippen LogP contribution is 2.30. The van der Waals surface area contributed by atoms with Gasteiger partial charge in [0, 0.05) is 17.0 Å². The van der Waals surface area contributed by atoms with Crippen LogP contribution in [0, 0.1) is 5.92 Å². The highest BCUT2D eigenvalue weighted by Gasteiger charge is 2.34. The lowest BCUT2D eigenvalue weighted by atomic mass is 10.2. The van der Waals surface area contributed by atoms with Gasteiger partial charge >= 0.3 is 6.18 Å².